The lowest BCUT2D eigenvalue weighted by Gasteiger charge is -2.36. The molecule has 3 aliphatic rings. The summed E-state index contributed by atoms with van der Waals surface area (Å²) in [6, 6.07) is 0. The Bertz CT molecular complexity index is 522. The lowest BCUT2D eigenvalue weighted by Crippen LogP contribution is -2.35. The van der Waals surface area contributed by atoms with Gasteiger partial charge in [-0.2, -0.15) is 0 Å². The summed E-state index contributed by atoms with van der Waals surface area (Å²) in [5.41, 5.74) is 0. The smallest absolute Gasteiger partial charge is 0.334 e. The number of esters is 1. The third kappa shape index (κ3) is 4.87. The SMILES string of the molecule is CC(C)[C@@H]1CC[C@@H](C)C[C@H]1OC(=O)/C=C1/COC(C2C=CCCC2)O1. The second-order valence-electron chi connectivity index (χ2n) is 8.23. The largest absolute Gasteiger partial charge is 0.466 e. The van der Waals surface area contributed by atoms with Crippen molar-refractivity contribution in [2.75, 3.05) is 6.61 Å². The van der Waals surface area contributed by atoms with Gasteiger partial charge in [-0.1, -0.05) is 39.3 Å². The van der Waals surface area contributed by atoms with Gasteiger partial charge in [0.2, 0.25) is 6.29 Å². The molecule has 0 aromatic rings. The van der Waals surface area contributed by atoms with Crippen molar-refractivity contribution in [1.82, 2.24) is 0 Å². The fourth-order valence-corrected chi connectivity index (χ4v) is 4.30. The van der Waals surface area contributed by atoms with Gasteiger partial charge in [-0.25, -0.2) is 4.79 Å². The number of rotatable bonds is 4. The standard InChI is InChI=1S/C21H32O4/c1-14(2)18-10-9-15(3)11-19(18)25-20(22)12-17-13-23-21(24-17)16-7-5-4-6-8-16/h5,7,12,14-16,18-19,21H,4,6,8-11,13H2,1-3H3/b17-12-/t15-,16?,18+,19-,21?/m1/s1. The van der Waals surface area contributed by atoms with E-state index >= 15 is 0 Å². The third-order valence-corrected chi connectivity index (χ3v) is 5.81. The van der Waals surface area contributed by atoms with Crippen molar-refractivity contribution < 1.29 is 19.0 Å². The highest BCUT2D eigenvalue weighted by atomic mass is 16.7. The first-order chi connectivity index (χ1) is 12.0. The van der Waals surface area contributed by atoms with E-state index in [2.05, 4.69) is 32.9 Å². The maximum Gasteiger partial charge on any atom is 0.334 e. The van der Waals surface area contributed by atoms with E-state index < -0.39 is 0 Å². The summed E-state index contributed by atoms with van der Waals surface area (Å²) < 4.78 is 17.4. The minimum atomic E-state index is -0.289. The molecule has 1 heterocycles. The zero-order valence-corrected chi connectivity index (χ0v) is 15.8. The minimum Gasteiger partial charge on any atom is -0.466 e. The van der Waals surface area contributed by atoms with Crippen molar-refractivity contribution >= 4 is 5.97 Å². The molecule has 0 N–H and O–H groups in total. The second-order valence-corrected chi connectivity index (χ2v) is 8.23. The van der Waals surface area contributed by atoms with Crippen LogP contribution in [0.2, 0.25) is 0 Å². The van der Waals surface area contributed by atoms with Crippen LogP contribution in [0.4, 0.5) is 0 Å². The quantitative estimate of drug-likeness (QED) is 0.423. The van der Waals surface area contributed by atoms with Crippen LogP contribution in [0.1, 0.15) is 59.3 Å². The zero-order chi connectivity index (χ0) is 17.8. The first-order valence-electron chi connectivity index (χ1n) is 9.89. The molecule has 2 unspecified atom stereocenters. The molecule has 0 amide bonds. The van der Waals surface area contributed by atoms with E-state index in [-0.39, 0.29) is 18.4 Å². The molecule has 25 heavy (non-hydrogen) atoms. The fourth-order valence-electron chi connectivity index (χ4n) is 4.30. The molecule has 0 aromatic heterocycles. The average molecular weight is 348 g/mol. The number of ether oxygens (including phenoxy) is 3. The third-order valence-electron chi connectivity index (χ3n) is 5.81. The minimum absolute atomic E-state index is 0.0208. The van der Waals surface area contributed by atoms with Crippen LogP contribution in [0.3, 0.4) is 0 Å². The highest BCUT2D eigenvalue weighted by Gasteiger charge is 2.34. The summed E-state index contributed by atoms with van der Waals surface area (Å²) in [6.45, 7) is 7.04. The molecule has 0 bridgehead atoms. The van der Waals surface area contributed by atoms with E-state index in [0.29, 0.717) is 36.0 Å². The summed E-state index contributed by atoms with van der Waals surface area (Å²) in [4.78, 5) is 12.4. The Balaban J connectivity index is 1.55. The van der Waals surface area contributed by atoms with Crippen LogP contribution < -0.4 is 0 Å². The maximum absolute atomic E-state index is 12.4. The molecule has 4 heteroatoms. The van der Waals surface area contributed by atoms with E-state index in [1.807, 2.05) is 0 Å². The molecule has 1 aliphatic heterocycles. The number of carbonyl (C=O) groups excluding carboxylic acids is 1. The molecule has 140 valence electrons. The first kappa shape index (κ1) is 18.5. The highest BCUT2D eigenvalue weighted by molar-refractivity contribution is 5.82. The number of hydrogen-bond donors (Lipinski definition) is 0. The topological polar surface area (TPSA) is 44.8 Å². The van der Waals surface area contributed by atoms with Crippen molar-refractivity contribution in [3.05, 3.63) is 24.0 Å². The Kier molecular flexibility index (Phi) is 6.21. The predicted molar refractivity (Wildman–Crippen MR) is 96.6 cm³/mol. The van der Waals surface area contributed by atoms with Crippen molar-refractivity contribution in [2.45, 2.75) is 71.7 Å². The highest BCUT2D eigenvalue weighted by Crippen LogP contribution is 2.35. The summed E-state index contributed by atoms with van der Waals surface area (Å²) in [7, 11) is 0. The van der Waals surface area contributed by atoms with Gasteiger partial charge in [0.1, 0.15) is 18.5 Å². The molecule has 3 rings (SSSR count). The molecule has 1 saturated heterocycles. The average Bonchev–Trinajstić information content (AvgIpc) is 3.03. The van der Waals surface area contributed by atoms with Gasteiger partial charge in [0.05, 0.1) is 6.08 Å². The van der Waals surface area contributed by atoms with Gasteiger partial charge < -0.3 is 14.2 Å². The van der Waals surface area contributed by atoms with E-state index in [4.69, 9.17) is 14.2 Å². The molecule has 1 saturated carbocycles. The van der Waals surface area contributed by atoms with Crippen LogP contribution in [0.25, 0.3) is 0 Å². The van der Waals surface area contributed by atoms with Gasteiger partial charge in [0.25, 0.3) is 0 Å². The molecular weight excluding hydrogens is 316 g/mol. The molecule has 0 aromatic carbocycles. The monoisotopic (exact) mass is 348 g/mol. The molecule has 0 spiro atoms. The van der Waals surface area contributed by atoms with Gasteiger partial charge in [-0.3, -0.25) is 0 Å². The molecule has 4 nitrogen and oxygen atoms in total. The van der Waals surface area contributed by atoms with Crippen LogP contribution in [0.15, 0.2) is 24.0 Å². The summed E-state index contributed by atoms with van der Waals surface area (Å²) >= 11 is 0. The summed E-state index contributed by atoms with van der Waals surface area (Å²) in [5.74, 6) is 2.21. The van der Waals surface area contributed by atoms with Crippen LogP contribution in [-0.4, -0.2) is 25.0 Å². The predicted octanol–water partition coefficient (Wildman–Crippen LogP) is 4.60. The normalized spacial score (nSPS) is 37.3. The lowest BCUT2D eigenvalue weighted by molar-refractivity contribution is -0.150. The second kappa shape index (κ2) is 8.39. The molecule has 2 aliphatic carbocycles. The molecule has 2 fully saturated rings. The Morgan fingerprint density at radius 1 is 1.32 bits per heavy atom. The van der Waals surface area contributed by atoms with Gasteiger partial charge in [0.15, 0.2) is 0 Å². The fraction of sp³-hybridized carbons (Fsp3) is 0.762. The van der Waals surface area contributed by atoms with Crippen molar-refractivity contribution in [1.29, 1.82) is 0 Å². The van der Waals surface area contributed by atoms with Crippen molar-refractivity contribution in [3.63, 3.8) is 0 Å². The van der Waals surface area contributed by atoms with E-state index in [1.165, 1.54) is 18.9 Å². The van der Waals surface area contributed by atoms with Gasteiger partial charge in [0, 0.05) is 5.92 Å². The zero-order valence-electron chi connectivity index (χ0n) is 15.8. The van der Waals surface area contributed by atoms with Crippen molar-refractivity contribution in [3.8, 4) is 0 Å². The van der Waals surface area contributed by atoms with E-state index in [9.17, 15) is 4.79 Å². The molecular formula is C21H32O4. The maximum atomic E-state index is 12.4. The van der Waals surface area contributed by atoms with Crippen LogP contribution >= 0.6 is 0 Å². The van der Waals surface area contributed by atoms with Crippen molar-refractivity contribution in [2.24, 2.45) is 23.7 Å². The number of carbonyl (C=O) groups is 1. The number of allylic oxidation sites excluding steroid dienone is 1. The van der Waals surface area contributed by atoms with Crippen LogP contribution in [0, 0.1) is 23.7 Å². The van der Waals surface area contributed by atoms with Crippen LogP contribution in [-0.2, 0) is 19.0 Å². The summed E-state index contributed by atoms with van der Waals surface area (Å²) in [5, 5.41) is 0. The van der Waals surface area contributed by atoms with E-state index in [0.717, 1.165) is 25.7 Å². The summed E-state index contributed by atoms with van der Waals surface area (Å²) in [6.07, 6.45) is 12.3. The Hall–Kier alpha value is -1.29. The Morgan fingerprint density at radius 2 is 2.16 bits per heavy atom. The number of hydrogen-bond acceptors (Lipinski definition) is 4. The van der Waals surface area contributed by atoms with Crippen LogP contribution in [0.5, 0.6) is 0 Å². The first-order valence-corrected chi connectivity index (χ1v) is 9.89. The van der Waals surface area contributed by atoms with Gasteiger partial charge in [-0.15, -0.1) is 0 Å². The van der Waals surface area contributed by atoms with Gasteiger partial charge >= 0.3 is 5.97 Å². The van der Waals surface area contributed by atoms with Gasteiger partial charge in [-0.05, 0) is 49.9 Å². The molecule has 0 radical (unpaired) electrons. The van der Waals surface area contributed by atoms with E-state index in [1.54, 1.807) is 0 Å². The lowest BCUT2D eigenvalue weighted by atomic mass is 9.75. The molecule has 5 atom stereocenters. The Morgan fingerprint density at radius 3 is 2.88 bits per heavy atom. The Labute approximate surface area is 151 Å².